The lowest BCUT2D eigenvalue weighted by atomic mass is 9.78. The number of aromatic nitrogens is 2. The summed E-state index contributed by atoms with van der Waals surface area (Å²) in [6.45, 7) is 12.5. The molecule has 3 heterocycles. The SMILES string of the molecule is Cc1cc([C@H](C(=O)N2CCC[C@H]2C(=O)N(C)[C@@H](C)c2ccc(-c3scnc3C)cc2)C(C)(C)C)on1. The summed E-state index contributed by atoms with van der Waals surface area (Å²) in [6, 6.07) is 9.55. The molecule has 3 aromatic rings. The first-order valence-electron chi connectivity index (χ1n) is 12.5. The highest BCUT2D eigenvalue weighted by molar-refractivity contribution is 7.13. The number of hydrogen-bond donors (Lipinski definition) is 0. The number of aryl methyl sites for hydroxylation is 2. The molecule has 1 aromatic carbocycles. The summed E-state index contributed by atoms with van der Waals surface area (Å²) in [5.74, 6) is -0.0457. The number of likely N-dealkylation sites (N-methyl/N-ethyl adjacent to an activating group) is 1. The summed E-state index contributed by atoms with van der Waals surface area (Å²) in [5.41, 5.74) is 5.42. The van der Waals surface area contributed by atoms with Crippen LogP contribution in [0.1, 0.15) is 75.2 Å². The molecule has 8 heteroatoms. The fraction of sp³-hybridized carbons (Fsp3) is 0.500. The summed E-state index contributed by atoms with van der Waals surface area (Å²) in [5, 5.41) is 4.00. The summed E-state index contributed by atoms with van der Waals surface area (Å²) >= 11 is 1.63. The molecular weight excluding hydrogens is 472 g/mol. The third kappa shape index (κ3) is 5.09. The second kappa shape index (κ2) is 10.2. The number of carbonyl (C=O) groups excluding carboxylic acids is 2. The van der Waals surface area contributed by atoms with E-state index in [1.165, 1.54) is 0 Å². The Kier molecular flexibility index (Phi) is 7.36. The molecule has 2 amide bonds. The third-order valence-corrected chi connectivity index (χ3v) is 8.17. The van der Waals surface area contributed by atoms with Gasteiger partial charge < -0.3 is 14.3 Å². The van der Waals surface area contributed by atoms with E-state index in [2.05, 4.69) is 34.4 Å². The smallest absolute Gasteiger partial charge is 0.245 e. The average Bonchev–Trinajstić information content (AvgIpc) is 3.58. The molecule has 0 N–H and O–H groups in total. The highest BCUT2D eigenvalue weighted by Gasteiger charge is 2.44. The zero-order valence-electron chi connectivity index (χ0n) is 22.2. The predicted molar refractivity (Wildman–Crippen MR) is 142 cm³/mol. The molecule has 1 saturated heterocycles. The maximum atomic E-state index is 13.8. The minimum Gasteiger partial charge on any atom is -0.360 e. The second-order valence-corrected chi connectivity index (χ2v) is 11.7. The molecule has 192 valence electrons. The van der Waals surface area contributed by atoms with Gasteiger partial charge in [0.25, 0.3) is 0 Å². The number of rotatable bonds is 6. The van der Waals surface area contributed by atoms with E-state index in [0.29, 0.717) is 18.7 Å². The Morgan fingerprint density at radius 3 is 2.44 bits per heavy atom. The lowest BCUT2D eigenvalue weighted by molar-refractivity contribution is -0.146. The number of thiazole rings is 1. The van der Waals surface area contributed by atoms with Crippen LogP contribution in [0.15, 0.2) is 40.4 Å². The van der Waals surface area contributed by atoms with Crippen molar-refractivity contribution in [2.24, 2.45) is 5.41 Å². The second-order valence-electron chi connectivity index (χ2n) is 10.9. The maximum Gasteiger partial charge on any atom is 0.245 e. The van der Waals surface area contributed by atoms with Crippen molar-refractivity contribution in [2.45, 2.75) is 72.4 Å². The van der Waals surface area contributed by atoms with Gasteiger partial charge in [-0.1, -0.05) is 50.2 Å². The van der Waals surface area contributed by atoms with E-state index < -0.39 is 12.0 Å². The largest absolute Gasteiger partial charge is 0.360 e. The molecule has 4 rings (SSSR count). The Morgan fingerprint density at radius 1 is 1.19 bits per heavy atom. The summed E-state index contributed by atoms with van der Waals surface area (Å²) in [6.07, 6.45) is 1.47. The molecule has 1 aliphatic rings. The van der Waals surface area contributed by atoms with Crippen molar-refractivity contribution in [2.75, 3.05) is 13.6 Å². The number of carbonyl (C=O) groups is 2. The summed E-state index contributed by atoms with van der Waals surface area (Å²) in [4.78, 5) is 36.5. The fourth-order valence-electron chi connectivity index (χ4n) is 5.03. The van der Waals surface area contributed by atoms with Crippen molar-refractivity contribution < 1.29 is 14.1 Å². The molecule has 3 atom stereocenters. The van der Waals surface area contributed by atoms with E-state index in [9.17, 15) is 9.59 Å². The monoisotopic (exact) mass is 508 g/mol. The minimum absolute atomic E-state index is 0.0304. The van der Waals surface area contributed by atoms with Crippen molar-refractivity contribution in [3.8, 4) is 10.4 Å². The van der Waals surface area contributed by atoms with Crippen LogP contribution in [-0.2, 0) is 9.59 Å². The Balaban J connectivity index is 1.51. The average molecular weight is 509 g/mol. The molecule has 36 heavy (non-hydrogen) atoms. The van der Waals surface area contributed by atoms with Crippen molar-refractivity contribution in [1.82, 2.24) is 19.9 Å². The van der Waals surface area contributed by atoms with E-state index >= 15 is 0 Å². The quantitative estimate of drug-likeness (QED) is 0.423. The lowest BCUT2D eigenvalue weighted by Gasteiger charge is -2.36. The number of likely N-dealkylation sites (tertiary alicyclic amines) is 1. The van der Waals surface area contributed by atoms with E-state index in [4.69, 9.17) is 4.52 Å². The fourth-order valence-corrected chi connectivity index (χ4v) is 5.84. The number of amides is 2. The van der Waals surface area contributed by atoms with Gasteiger partial charge in [0.15, 0.2) is 0 Å². The van der Waals surface area contributed by atoms with Gasteiger partial charge in [-0.15, -0.1) is 11.3 Å². The van der Waals surface area contributed by atoms with Gasteiger partial charge in [0.2, 0.25) is 11.8 Å². The van der Waals surface area contributed by atoms with Crippen molar-refractivity contribution in [1.29, 1.82) is 0 Å². The molecule has 1 fully saturated rings. The first-order valence-corrected chi connectivity index (χ1v) is 13.4. The molecule has 0 saturated carbocycles. The van der Waals surface area contributed by atoms with Gasteiger partial charge in [-0.05, 0) is 50.2 Å². The molecule has 0 radical (unpaired) electrons. The normalized spacial score (nSPS) is 17.8. The third-order valence-electron chi connectivity index (χ3n) is 7.19. The standard InChI is InChI=1S/C28H36N4O3S/c1-17-15-23(35-30-17)24(28(4,5)6)27(34)32-14-8-9-22(32)26(33)31(7)19(3)20-10-12-21(13-11-20)25-18(2)29-16-36-25/h10-13,15-16,19,22,24H,8-9,14H2,1-7H3/t19-,22-,24+/m0/s1. The van der Waals surface area contributed by atoms with Crippen LogP contribution in [0.25, 0.3) is 10.4 Å². The topological polar surface area (TPSA) is 79.5 Å². The Hall–Kier alpha value is -3.00. The Bertz CT molecular complexity index is 1220. The van der Waals surface area contributed by atoms with Gasteiger partial charge in [0.05, 0.1) is 27.8 Å². The Morgan fingerprint density at radius 2 is 1.89 bits per heavy atom. The van der Waals surface area contributed by atoms with Crippen molar-refractivity contribution >= 4 is 23.2 Å². The van der Waals surface area contributed by atoms with Gasteiger partial charge in [-0.3, -0.25) is 9.59 Å². The van der Waals surface area contributed by atoms with Crippen LogP contribution in [0, 0.1) is 19.3 Å². The molecule has 0 unspecified atom stereocenters. The molecule has 0 aliphatic carbocycles. The van der Waals surface area contributed by atoms with Crippen LogP contribution in [0.2, 0.25) is 0 Å². The van der Waals surface area contributed by atoms with Crippen LogP contribution in [0.4, 0.5) is 0 Å². The van der Waals surface area contributed by atoms with E-state index in [1.807, 2.05) is 60.2 Å². The molecule has 2 aromatic heterocycles. The maximum absolute atomic E-state index is 13.8. The van der Waals surface area contributed by atoms with Crippen LogP contribution in [0.3, 0.4) is 0 Å². The van der Waals surface area contributed by atoms with Crippen LogP contribution in [0.5, 0.6) is 0 Å². The minimum atomic E-state index is -0.502. The van der Waals surface area contributed by atoms with Crippen molar-refractivity contribution in [3.63, 3.8) is 0 Å². The zero-order valence-corrected chi connectivity index (χ0v) is 23.1. The molecular formula is C28H36N4O3S. The molecule has 0 spiro atoms. The highest BCUT2D eigenvalue weighted by atomic mass is 32.1. The summed E-state index contributed by atoms with van der Waals surface area (Å²) in [7, 11) is 1.83. The number of hydrogen-bond acceptors (Lipinski definition) is 6. The van der Waals surface area contributed by atoms with Gasteiger partial charge in [-0.2, -0.15) is 0 Å². The van der Waals surface area contributed by atoms with Crippen LogP contribution >= 0.6 is 11.3 Å². The first-order chi connectivity index (χ1) is 17.0. The van der Waals surface area contributed by atoms with E-state index in [-0.39, 0.29) is 23.3 Å². The highest BCUT2D eigenvalue weighted by Crippen LogP contribution is 2.39. The number of nitrogens with zero attached hydrogens (tertiary/aromatic N) is 4. The van der Waals surface area contributed by atoms with Crippen molar-refractivity contribution in [3.05, 3.63) is 58.6 Å². The molecule has 0 bridgehead atoms. The van der Waals surface area contributed by atoms with Gasteiger partial charge in [0, 0.05) is 19.7 Å². The number of benzene rings is 1. The van der Waals surface area contributed by atoms with Crippen LogP contribution in [-0.4, -0.2) is 51.4 Å². The van der Waals surface area contributed by atoms with Crippen LogP contribution < -0.4 is 0 Å². The first kappa shape index (κ1) is 26.1. The van der Waals surface area contributed by atoms with Gasteiger partial charge in [0.1, 0.15) is 17.7 Å². The van der Waals surface area contributed by atoms with E-state index in [1.54, 1.807) is 21.1 Å². The lowest BCUT2D eigenvalue weighted by Crippen LogP contribution is -2.49. The van der Waals surface area contributed by atoms with Gasteiger partial charge >= 0.3 is 0 Å². The molecule has 7 nitrogen and oxygen atoms in total. The summed E-state index contributed by atoms with van der Waals surface area (Å²) < 4.78 is 5.52. The Labute approximate surface area is 217 Å². The zero-order chi connectivity index (χ0) is 26.2. The van der Waals surface area contributed by atoms with E-state index in [0.717, 1.165) is 33.8 Å². The molecule has 1 aliphatic heterocycles. The predicted octanol–water partition coefficient (Wildman–Crippen LogP) is 5.76. The van der Waals surface area contributed by atoms with Gasteiger partial charge in [-0.25, -0.2) is 4.98 Å².